The molecule has 3 nitrogen and oxygen atoms in total. The summed E-state index contributed by atoms with van der Waals surface area (Å²) in [6, 6.07) is 20.1. The fraction of sp³-hybridized carbons (Fsp3) is 0.320. The highest BCUT2D eigenvalue weighted by molar-refractivity contribution is 5.95. The van der Waals surface area contributed by atoms with Crippen LogP contribution < -0.4 is 0 Å². The number of aliphatic hydroxyl groups is 1. The largest absolute Gasteiger partial charge is 0.462 e. The van der Waals surface area contributed by atoms with E-state index in [4.69, 9.17) is 4.74 Å². The molecular weight excluding hydrogens is 348 g/mol. The monoisotopic (exact) mass is 374 g/mol. The first-order valence-electron chi connectivity index (χ1n) is 9.89. The maximum absolute atomic E-state index is 12.0. The van der Waals surface area contributed by atoms with Crippen LogP contribution in [0.3, 0.4) is 0 Å². The predicted molar refractivity (Wildman–Crippen MR) is 112 cm³/mol. The van der Waals surface area contributed by atoms with Gasteiger partial charge in [0.1, 0.15) is 0 Å². The summed E-state index contributed by atoms with van der Waals surface area (Å²) in [5.74, 6) is -0.256. The van der Waals surface area contributed by atoms with E-state index in [1.807, 2.05) is 36.4 Å². The maximum atomic E-state index is 12.0. The molecule has 3 aromatic carbocycles. The van der Waals surface area contributed by atoms with Crippen LogP contribution in [0, 0.1) is 0 Å². The molecule has 0 saturated heterocycles. The Morgan fingerprint density at radius 2 is 1.79 bits per heavy atom. The summed E-state index contributed by atoms with van der Waals surface area (Å²) in [5.41, 5.74) is 3.96. The Morgan fingerprint density at radius 3 is 2.57 bits per heavy atom. The molecule has 3 aromatic rings. The first-order chi connectivity index (χ1) is 13.4. The molecule has 4 rings (SSSR count). The number of fused-ring (bicyclic) bond motifs is 2. The Hall–Kier alpha value is -2.65. The summed E-state index contributed by atoms with van der Waals surface area (Å²) < 4.78 is 5.09. The average molecular weight is 374 g/mol. The molecule has 2 atom stereocenters. The number of aliphatic hydroxyl groups excluding tert-OH is 1. The Labute approximate surface area is 166 Å². The molecule has 144 valence electrons. The minimum Gasteiger partial charge on any atom is -0.462 e. The van der Waals surface area contributed by atoms with Gasteiger partial charge in [0.25, 0.3) is 0 Å². The van der Waals surface area contributed by atoms with Gasteiger partial charge in [-0.15, -0.1) is 0 Å². The lowest BCUT2D eigenvalue weighted by molar-refractivity contribution is 0.0526. The molecule has 1 N–H and O–H groups in total. The Balaban J connectivity index is 1.71. The van der Waals surface area contributed by atoms with E-state index in [0.717, 1.165) is 28.3 Å². The SMILES string of the molecule is CCOC(=O)c1ccc2cc(C3CC(C)(C)c4ccccc4C3O)ccc2c1. The van der Waals surface area contributed by atoms with Gasteiger partial charge in [0.05, 0.1) is 18.3 Å². The summed E-state index contributed by atoms with van der Waals surface area (Å²) in [5, 5.41) is 13.2. The number of esters is 1. The van der Waals surface area contributed by atoms with E-state index in [0.29, 0.717) is 12.2 Å². The van der Waals surface area contributed by atoms with Crippen molar-refractivity contribution in [2.24, 2.45) is 0 Å². The molecule has 2 unspecified atom stereocenters. The van der Waals surface area contributed by atoms with Crippen LogP contribution in [0.25, 0.3) is 10.8 Å². The molecule has 0 amide bonds. The van der Waals surface area contributed by atoms with E-state index in [2.05, 4.69) is 32.0 Å². The third kappa shape index (κ3) is 3.20. The summed E-state index contributed by atoms with van der Waals surface area (Å²) in [6.07, 6.45) is 0.373. The highest BCUT2D eigenvalue weighted by atomic mass is 16.5. The topological polar surface area (TPSA) is 46.5 Å². The highest BCUT2D eigenvalue weighted by Crippen LogP contribution is 2.49. The minimum atomic E-state index is -0.513. The zero-order chi connectivity index (χ0) is 19.9. The quantitative estimate of drug-likeness (QED) is 0.615. The molecule has 1 aliphatic rings. The van der Waals surface area contributed by atoms with Crippen molar-refractivity contribution in [2.45, 2.75) is 44.6 Å². The molecule has 0 bridgehead atoms. The van der Waals surface area contributed by atoms with Gasteiger partial charge in [-0.05, 0) is 58.4 Å². The Morgan fingerprint density at radius 1 is 1.07 bits per heavy atom. The summed E-state index contributed by atoms with van der Waals surface area (Å²) in [6.45, 7) is 6.67. The van der Waals surface area contributed by atoms with E-state index >= 15 is 0 Å². The van der Waals surface area contributed by atoms with Gasteiger partial charge in [0.2, 0.25) is 0 Å². The second-order valence-electron chi connectivity index (χ2n) is 8.27. The van der Waals surface area contributed by atoms with E-state index in [1.165, 1.54) is 5.56 Å². The molecule has 0 fully saturated rings. The van der Waals surface area contributed by atoms with Crippen molar-refractivity contribution in [3.8, 4) is 0 Å². The second-order valence-corrected chi connectivity index (χ2v) is 8.27. The van der Waals surface area contributed by atoms with Crippen LogP contribution in [0.2, 0.25) is 0 Å². The van der Waals surface area contributed by atoms with Crippen molar-refractivity contribution < 1.29 is 14.6 Å². The molecule has 0 saturated carbocycles. The Bertz CT molecular complexity index is 1030. The number of hydrogen-bond acceptors (Lipinski definition) is 3. The third-order valence-electron chi connectivity index (χ3n) is 5.92. The van der Waals surface area contributed by atoms with Crippen LogP contribution >= 0.6 is 0 Å². The zero-order valence-electron chi connectivity index (χ0n) is 16.6. The summed E-state index contributed by atoms with van der Waals surface area (Å²) in [7, 11) is 0. The first kappa shape index (κ1) is 18.7. The number of rotatable bonds is 3. The van der Waals surface area contributed by atoms with Gasteiger partial charge in [-0.2, -0.15) is 0 Å². The fourth-order valence-electron chi connectivity index (χ4n) is 4.50. The van der Waals surface area contributed by atoms with Crippen LogP contribution in [0.5, 0.6) is 0 Å². The van der Waals surface area contributed by atoms with Crippen LogP contribution in [-0.4, -0.2) is 17.7 Å². The van der Waals surface area contributed by atoms with Gasteiger partial charge in [-0.3, -0.25) is 0 Å². The van der Waals surface area contributed by atoms with Crippen molar-refractivity contribution in [3.63, 3.8) is 0 Å². The van der Waals surface area contributed by atoms with Gasteiger partial charge in [0, 0.05) is 5.92 Å². The smallest absolute Gasteiger partial charge is 0.338 e. The molecule has 0 radical (unpaired) electrons. The van der Waals surface area contributed by atoms with Crippen LogP contribution in [0.4, 0.5) is 0 Å². The van der Waals surface area contributed by atoms with Gasteiger partial charge < -0.3 is 9.84 Å². The van der Waals surface area contributed by atoms with Crippen molar-refractivity contribution in [2.75, 3.05) is 6.61 Å². The number of benzene rings is 3. The van der Waals surface area contributed by atoms with E-state index < -0.39 is 6.10 Å². The van der Waals surface area contributed by atoms with Gasteiger partial charge in [0.15, 0.2) is 0 Å². The molecule has 3 heteroatoms. The Kier molecular flexibility index (Phi) is 4.72. The standard InChI is InChI=1S/C25H26O3/c1-4-28-24(27)19-12-10-16-13-18(11-9-17(16)14-19)21-15-25(2,3)22-8-6-5-7-20(22)23(21)26/h5-14,21,23,26H,4,15H2,1-3H3. The van der Waals surface area contributed by atoms with Gasteiger partial charge in [-0.25, -0.2) is 4.79 Å². The van der Waals surface area contributed by atoms with Crippen molar-refractivity contribution in [1.29, 1.82) is 0 Å². The number of hydrogen-bond donors (Lipinski definition) is 1. The highest BCUT2D eigenvalue weighted by Gasteiger charge is 2.38. The fourth-order valence-corrected chi connectivity index (χ4v) is 4.50. The minimum absolute atomic E-state index is 0.00319. The molecule has 28 heavy (non-hydrogen) atoms. The lowest BCUT2D eigenvalue weighted by Gasteiger charge is -2.41. The number of carbonyl (C=O) groups is 1. The van der Waals surface area contributed by atoms with E-state index in [-0.39, 0.29) is 17.3 Å². The number of ether oxygens (including phenoxy) is 1. The molecule has 0 aromatic heterocycles. The lowest BCUT2D eigenvalue weighted by atomic mass is 9.65. The normalized spacial score (nSPS) is 20.6. The van der Waals surface area contributed by atoms with Crippen molar-refractivity contribution >= 4 is 16.7 Å². The van der Waals surface area contributed by atoms with Crippen LogP contribution in [-0.2, 0) is 10.2 Å². The zero-order valence-corrected chi connectivity index (χ0v) is 16.6. The van der Waals surface area contributed by atoms with E-state index in [1.54, 1.807) is 13.0 Å². The molecule has 0 heterocycles. The van der Waals surface area contributed by atoms with Gasteiger partial charge in [-0.1, -0.05) is 62.4 Å². The average Bonchev–Trinajstić information content (AvgIpc) is 2.70. The van der Waals surface area contributed by atoms with Crippen LogP contribution in [0.1, 0.15) is 66.3 Å². The molecule has 1 aliphatic carbocycles. The van der Waals surface area contributed by atoms with Crippen molar-refractivity contribution in [1.82, 2.24) is 0 Å². The van der Waals surface area contributed by atoms with Crippen molar-refractivity contribution in [3.05, 3.63) is 82.9 Å². The lowest BCUT2D eigenvalue weighted by Crippen LogP contribution is -2.31. The summed E-state index contributed by atoms with van der Waals surface area (Å²) in [4.78, 5) is 12.0. The van der Waals surface area contributed by atoms with E-state index in [9.17, 15) is 9.90 Å². The first-order valence-corrected chi connectivity index (χ1v) is 9.89. The number of carbonyl (C=O) groups excluding carboxylic acids is 1. The molecule has 0 spiro atoms. The third-order valence-corrected chi connectivity index (χ3v) is 5.92. The molecule has 0 aliphatic heterocycles. The van der Waals surface area contributed by atoms with Crippen LogP contribution in [0.15, 0.2) is 60.7 Å². The van der Waals surface area contributed by atoms with Gasteiger partial charge >= 0.3 is 5.97 Å². The molecular formula is C25H26O3. The summed E-state index contributed by atoms with van der Waals surface area (Å²) >= 11 is 0. The second kappa shape index (κ2) is 7.06. The maximum Gasteiger partial charge on any atom is 0.338 e. The predicted octanol–water partition coefficient (Wildman–Crippen LogP) is 5.52.